The van der Waals surface area contributed by atoms with Gasteiger partial charge in [-0.1, -0.05) is 0 Å². The largest absolute Gasteiger partial charge is 0.473 e. The van der Waals surface area contributed by atoms with Gasteiger partial charge in [0.25, 0.3) is 0 Å². The van der Waals surface area contributed by atoms with Gasteiger partial charge in [0.05, 0.1) is 4.88 Å². The van der Waals surface area contributed by atoms with Gasteiger partial charge in [0.1, 0.15) is 11.1 Å². The fourth-order valence-electron chi connectivity index (χ4n) is 2.91. The highest BCUT2D eigenvalue weighted by Crippen LogP contribution is 2.33. The normalized spacial score (nSPS) is 17.4. The molecular formula is C18H25N3OS. The van der Waals surface area contributed by atoms with E-state index >= 15 is 0 Å². The number of rotatable bonds is 3. The van der Waals surface area contributed by atoms with Crippen molar-refractivity contribution in [3.63, 3.8) is 0 Å². The molecule has 124 valence electrons. The number of pyridine rings is 1. The smallest absolute Gasteiger partial charge is 0.228 e. The third kappa shape index (κ3) is 3.90. The van der Waals surface area contributed by atoms with Crippen LogP contribution < -0.4 is 4.74 Å². The third-order valence-electron chi connectivity index (χ3n) is 4.33. The Labute approximate surface area is 142 Å². The highest BCUT2D eigenvalue weighted by molar-refractivity contribution is 7.15. The van der Waals surface area contributed by atoms with Crippen molar-refractivity contribution in [1.29, 1.82) is 0 Å². The van der Waals surface area contributed by atoms with Gasteiger partial charge in [0.15, 0.2) is 0 Å². The molecular weight excluding hydrogens is 306 g/mol. The Kier molecular flexibility index (Phi) is 4.69. The van der Waals surface area contributed by atoms with Gasteiger partial charge in [-0.2, -0.15) is 0 Å². The molecule has 0 aliphatic carbocycles. The Morgan fingerprint density at radius 2 is 2.00 bits per heavy atom. The van der Waals surface area contributed by atoms with Crippen molar-refractivity contribution in [1.82, 2.24) is 14.9 Å². The molecule has 0 saturated carbocycles. The topological polar surface area (TPSA) is 38.3 Å². The summed E-state index contributed by atoms with van der Waals surface area (Å²) in [7, 11) is 0. The predicted octanol–water partition coefficient (Wildman–Crippen LogP) is 4.16. The molecule has 0 aromatic carbocycles. The first-order valence-corrected chi connectivity index (χ1v) is 9.04. The Morgan fingerprint density at radius 3 is 2.61 bits per heavy atom. The summed E-state index contributed by atoms with van der Waals surface area (Å²) in [5, 5.41) is 0.984. The fraction of sp³-hybridized carbons (Fsp3) is 0.556. The van der Waals surface area contributed by atoms with Gasteiger partial charge in [-0.3, -0.25) is 9.88 Å². The number of hydrogen-bond donors (Lipinski definition) is 0. The van der Waals surface area contributed by atoms with E-state index in [9.17, 15) is 0 Å². The van der Waals surface area contributed by atoms with Gasteiger partial charge in [-0.05, 0) is 52.7 Å². The quantitative estimate of drug-likeness (QED) is 0.846. The fourth-order valence-corrected chi connectivity index (χ4v) is 3.75. The summed E-state index contributed by atoms with van der Waals surface area (Å²) >= 11 is 1.67. The summed E-state index contributed by atoms with van der Waals surface area (Å²) in [6, 6.07) is 3.98. The van der Waals surface area contributed by atoms with Crippen molar-refractivity contribution in [2.45, 2.75) is 52.2 Å². The van der Waals surface area contributed by atoms with Crippen LogP contribution in [0.3, 0.4) is 0 Å². The summed E-state index contributed by atoms with van der Waals surface area (Å²) < 4.78 is 6.20. The molecule has 3 rings (SSSR count). The lowest BCUT2D eigenvalue weighted by molar-refractivity contribution is 0.0472. The molecule has 1 saturated heterocycles. The second kappa shape index (κ2) is 6.57. The molecule has 0 N–H and O–H groups in total. The Hall–Kier alpha value is -1.46. The molecule has 23 heavy (non-hydrogen) atoms. The first kappa shape index (κ1) is 16.4. The lowest BCUT2D eigenvalue weighted by Crippen LogP contribution is -2.48. The average molecular weight is 331 g/mol. The minimum atomic E-state index is 0.245. The van der Waals surface area contributed by atoms with E-state index in [0.717, 1.165) is 47.3 Å². The molecule has 2 aromatic rings. The second-order valence-electron chi connectivity index (χ2n) is 7.10. The van der Waals surface area contributed by atoms with Crippen LogP contribution in [0, 0.1) is 6.92 Å². The Balaban J connectivity index is 1.65. The molecule has 4 nitrogen and oxygen atoms in total. The molecule has 0 amide bonds. The van der Waals surface area contributed by atoms with Crippen molar-refractivity contribution in [3.8, 4) is 16.5 Å². The highest BCUT2D eigenvalue weighted by atomic mass is 32.1. The number of aromatic nitrogens is 2. The monoisotopic (exact) mass is 331 g/mol. The maximum absolute atomic E-state index is 6.20. The van der Waals surface area contributed by atoms with Crippen LogP contribution in [0.15, 0.2) is 24.5 Å². The molecule has 0 atom stereocenters. The third-order valence-corrected chi connectivity index (χ3v) is 5.33. The minimum absolute atomic E-state index is 0.245. The van der Waals surface area contributed by atoms with Crippen LogP contribution in [0.1, 0.15) is 38.5 Å². The average Bonchev–Trinajstić information content (AvgIpc) is 2.89. The van der Waals surface area contributed by atoms with Crippen LogP contribution in [0.2, 0.25) is 0 Å². The lowest BCUT2D eigenvalue weighted by atomic mass is 9.99. The van der Waals surface area contributed by atoms with E-state index in [4.69, 9.17) is 4.74 Å². The Bertz CT molecular complexity index is 640. The standard InChI is InChI=1S/C18H25N3OS/c1-13-16(20-17(23-13)14-6-5-9-19-12-14)22-15-7-10-21(11-8-15)18(2,3)4/h5-6,9,12,15H,7-8,10-11H2,1-4H3. The minimum Gasteiger partial charge on any atom is -0.473 e. The number of nitrogens with zero attached hydrogens (tertiary/aromatic N) is 3. The van der Waals surface area contributed by atoms with E-state index in [2.05, 4.69) is 42.6 Å². The van der Waals surface area contributed by atoms with E-state index in [0.29, 0.717) is 0 Å². The first-order valence-electron chi connectivity index (χ1n) is 8.23. The molecule has 1 aliphatic heterocycles. The van der Waals surface area contributed by atoms with Crippen molar-refractivity contribution < 1.29 is 4.74 Å². The molecule has 3 heterocycles. The number of ether oxygens (including phenoxy) is 1. The van der Waals surface area contributed by atoms with Crippen molar-refractivity contribution >= 4 is 11.3 Å². The van der Waals surface area contributed by atoms with Crippen molar-refractivity contribution in [3.05, 3.63) is 29.4 Å². The van der Waals surface area contributed by atoms with Crippen LogP contribution in [-0.4, -0.2) is 39.6 Å². The van der Waals surface area contributed by atoms with E-state index in [-0.39, 0.29) is 11.6 Å². The molecule has 1 aliphatic rings. The summed E-state index contributed by atoms with van der Waals surface area (Å²) in [5.74, 6) is 0.795. The zero-order valence-electron chi connectivity index (χ0n) is 14.4. The van der Waals surface area contributed by atoms with Crippen molar-refractivity contribution in [2.75, 3.05) is 13.1 Å². The molecule has 2 aromatic heterocycles. The van der Waals surface area contributed by atoms with Crippen LogP contribution in [0.25, 0.3) is 10.6 Å². The van der Waals surface area contributed by atoms with Crippen LogP contribution in [0.4, 0.5) is 0 Å². The second-order valence-corrected chi connectivity index (χ2v) is 8.30. The number of thiazole rings is 1. The lowest BCUT2D eigenvalue weighted by Gasteiger charge is -2.40. The molecule has 0 spiro atoms. The molecule has 1 fully saturated rings. The van der Waals surface area contributed by atoms with E-state index in [1.807, 2.05) is 18.3 Å². The summed E-state index contributed by atoms with van der Waals surface area (Å²) in [5.41, 5.74) is 1.30. The molecule has 5 heteroatoms. The van der Waals surface area contributed by atoms with E-state index in [1.165, 1.54) is 0 Å². The van der Waals surface area contributed by atoms with Crippen molar-refractivity contribution in [2.24, 2.45) is 0 Å². The van der Waals surface area contributed by atoms with E-state index in [1.54, 1.807) is 17.5 Å². The van der Waals surface area contributed by atoms with Crippen LogP contribution >= 0.6 is 11.3 Å². The van der Waals surface area contributed by atoms with Gasteiger partial charge < -0.3 is 4.74 Å². The van der Waals surface area contributed by atoms with E-state index < -0.39 is 0 Å². The van der Waals surface area contributed by atoms with Gasteiger partial charge in [0.2, 0.25) is 5.88 Å². The SMILES string of the molecule is Cc1sc(-c2cccnc2)nc1OC1CCN(C(C)(C)C)CC1. The summed E-state index contributed by atoms with van der Waals surface area (Å²) in [6.45, 7) is 11.1. The predicted molar refractivity (Wildman–Crippen MR) is 95.1 cm³/mol. The zero-order chi connectivity index (χ0) is 16.4. The van der Waals surface area contributed by atoms with Gasteiger partial charge >= 0.3 is 0 Å². The highest BCUT2D eigenvalue weighted by Gasteiger charge is 2.28. The summed E-state index contributed by atoms with van der Waals surface area (Å²) in [6.07, 6.45) is 6.04. The Morgan fingerprint density at radius 1 is 1.26 bits per heavy atom. The number of hydrogen-bond acceptors (Lipinski definition) is 5. The number of likely N-dealkylation sites (tertiary alicyclic amines) is 1. The van der Waals surface area contributed by atoms with Gasteiger partial charge in [-0.25, -0.2) is 4.98 Å². The van der Waals surface area contributed by atoms with Gasteiger partial charge in [-0.15, -0.1) is 11.3 Å². The number of aryl methyl sites for hydroxylation is 1. The zero-order valence-corrected chi connectivity index (χ0v) is 15.2. The molecule has 0 unspecified atom stereocenters. The summed E-state index contributed by atoms with van der Waals surface area (Å²) in [4.78, 5) is 12.5. The van der Waals surface area contributed by atoms with Gasteiger partial charge in [0, 0.05) is 36.6 Å². The molecule has 0 bridgehead atoms. The maximum atomic E-state index is 6.20. The molecule has 0 radical (unpaired) electrons. The van der Waals surface area contributed by atoms with Crippen LogP contribution in [0.5, 0.6) is 5.88 Å². The number of piperidine rings is 1. The first-order chi connectivity index (χ1) is 10.9. The van der Waals surface area contributed by atoms with Crippen LogP contribution in [-0.2, 0) is 0 Å². The maximum Gasteiger partial charge on any atom is 0.228 e.